The number of piperidine rings is 1. The molecule has 2 aliphatic rings. The van der Waals surface area contributed by atoms with Crippen molar-refractivity contribution >= 4 is 28.8 Å². The first-order valence-electron chi connectivity index (χ1n) is 8.60. The molecular weight excluding hydrogens is 292 g/mol. The molecule has 4 nitrogen and oxygen atoms in total. The Morgan fingerprint density at radius 2 is 1.77 bits per heavy atom. The van der Waals surface area contributed by atoms with Crippen LogP contribution in [0.25, 0.3) is 0 Å². The Labute approximate surface area is 138 Å². The van der Waals surface area contributed by atoms with Crippen LogP contribution in [0, 0.1) is 0 Å². The Hall–Kier alpha value is -1.36. The molecule has 0 unspecified atom stereocenters. The van der Waals surface area contributed by atoms with Gasteiger partial charge in [-0.1, -0.05) is 19.3 Å². The van der Waals surface area contributed by atoms with Crippen LogP contribution < -0.4 is 15.5 Å². The summed E-state index contributed by atoms with van der Waals surface area (Å²) >= 11 is 5.41. The van der Waals surface area contributed by atoms with Crippen LogP contribution in [0.15, 0.2) is 18.3 Å². The van der Waals surface area contributed by atoms with Crippen molar-refractivity contribution in [3.8, 4) is 0 Å². The van der Waals surface area contributed by atoms with E-state index in [0.717, 1.165) is 29.7 Å². The van der Waals surface area contributed by atoms with E-state index in [-0.39, 0.29) is 0 Å². The van der Waals surface area contributed by atoms with E-state index in [1.54, 1.807) is 0 Å². The summed E-state index contributed by atoms with van der Waals surface area (Å²) in [6.45, 7) is 2.25. The number of thiocarbonyl (C=S) groups is 1. The SMILES string of the molecule is S=C(Nc1ccc(N2CCCCC2)nc1)NC1CCCCC1. The van der Waals surface area contributed by atoms with Crippen molar-refractivity contribution < 1.29 is 0 Å². The van der Waals surface area contributed by atoms with E-state index < -0.39 is 0 Å². The molecule has 1 aliphatic heterocycles. The molecule has 0 spiro atoms. The van der Waals surface area contributed by atoms with E-state index in [1.807, 2.05) is 6.20 Å². The summed E-state index contributed by atoms with van der Waals surface area (Å²) in [5.74, 6) is 1.08. The Balaban J connectivity index is 1.50. The molecule has 2 fully saturated rings. The molecule has 0 radical (unpaired) electrons. The van der Waals surface area contributed by atoms with E-state index in [0.29, 0.717) is 6.04 Å². The maximum atomic E-state index is 5.41. The Kier molecular flexibility index (Phi) is 5.48. The summed E-state index contributed by atoms with van der Waals surface area (Å²) < 4.78 is 0. The third-order valence-electron chi connectivity index (χ3n) is 4.63. The first kappa shape index (κ1) is 15.5. The Morgan fingerprint density at radius 1 is 1.05 bits per heavy atom. The number of rotatable bonds is 3. The maximum absolute atomic E-state index is 5.41. The van der Waals surface area contributed by atoms with Gasteiger partial charge in [0.1, 0.15) is 5.82 Å². The normalized spacial score (nSPS) is 19.7. The van der Waals surface area contributed by atoms with E-state index in [4.69, 9.17) is 12.2 Å². The summed E-state index contributed by atoms with van der Waals surface area (Å²) in [6.07, 6.45) is 12.2. The zero-order chi connectivity index (χ0) is 15.2. The van der Waals surface area contributed by atoms with Gasteiger partial charge in [-0.2, -0.15) is 0 Å². The average Bonchev–Trinajstić information content (AvgIpc) is 2.57. The van der Waals surface area contributed by atoms with Crippen LogP contribution in [0.1, 0.15) is 51.4 Å². The summed E-state index contributed by atoms with van der Waals surface area (Å²) in [5.41, 5.74) is 0.967. The summed E-state index contributed by atoms with van der Waals surface area (Å²) in [6, 6.07) is 4.71. The van der Waals surface area contributed by atoms with Crippen LogP contribution in [-0.2, 0) is 0 Å². The lowest BCUT2D eigenvalue weighted by atomic mass is 9.96. The van der Waals surface area contributed by atoms with Crippen LogP contribution in [0.3, 0.4) is 0 Å². The third-order valence-corrected chi connectivity index (χ3v) is 4.85. The number of aromatic nitrogens is 1. The number of pyridine rings is 1. The van der Waals surface area contributed by atoms with Crippen LogP contribution in [0.2, 0.25) is 0 Å². The fourth-order valence-corrected chi connectivity index (χ4v) is 3.65. The fourth-order valence-electron chi connectivity index (χ4n) is 3.37. The molecule has 0 bridgehead atoms. The predicted molar refractivity (Wildman–Crippen MR) is 96.5 cm³/mol. The van der Waals surface area contributed by atoms with E-state index in [2.05, 4.69) is 32.7 Å². The van der Waals surface area contributed by atoms with Crippen molar-refractivity contribution in [2.75, 3.05) is 23.3 Å². The maximum Gasteiger partial charge on any atom is 0.171 e. The summed E-state index contributed by atoms with van der Waals surface area (Å²) in [7, 11) is 0. The average molecular weight is 318 g/mol. The molecule has 1 aromatic heterocycles. The smallest absolute Gasteiger partial charge is 0.171 e. The molecule has 1 aliphatic carbocycles. The number of hydrogen-bond donors (Lipinski definition) is 2. The zero-order valence-corrected chi connectivity index (χ0v) is 14.0. The lowest BCUT2D eigenvalue weighted by molar-refractivity contribution is 0.415. The molecule has 0 amide bonds. The van der Waals surface area contributed by atoms with Gasteiger partial charge in [0.15, 0.2) is 5.11 Å². The van der Waals surface area contributed by atoms with Crippen LogP contribution in [0.4, 0.5) is 11.5 Å². The topological polar surface area (TPSA) is 40.2 Å². The van der Waals surface area contributed by atoms with Gasteiger partial charge in [-0.3, -0.25) is 0 Å². The summed E-state index contributed by atoms with van der Waals surface area (Å²) in [4.78, 5) is 6.95. The van der Waals surface area contributed by atoms with E-state index >= 15 is 0 Å². The monoisotopic (exact) mass is 318 g/mol. The van der Waals surface area contributed by atoms with E-state index in [1.165, 1.54) is 51.4 Å². The van der Waals surface area contributed by atoms with Crippen molar-refractivity contribution in [1.82, 2.24) is 10.3 Å². The number of nitrogens with one attached hydrogen (secondary N) is 2. The number of anilines is 2. The molecule has 2 N–H and O–H groups in total. The lowest BCUT2D eigenvalue weighted by Crippen LogP contribution is -2.38. The van der Waals surface area contributed by atoms with Gasteiger partial charge in [0.2, 0.25) is 0 Å². The molecular formula is C17H26N4S. The van der Waals surface area contributed by atoms with Crippen LogP contribution in [-0.4, -0.2) is 29.2 Å². The highest BCUT2D eigenvalue weighted by atomic mass is 32.1. The summed E-state index contributed by atoms with van der Waals surface area (Å²) in [5, 5.41) is 7.41. The van der Waals surface area contributed by atoms with Gasteiger partial charge in [0.05, 0.1) is 11.9 Å². The van der Waals surface area contributed by atoms with Gasteiger partial charge in [0.25, 0.3) is 0 Å². The van der Waals surface area contributed by atoms with Crippen molar-refractivity contribution in [1.29, 1.82) is 0 Å². The molecule has 120 valence electrons. The molecule has 1 saturated heterocycles. The van der Waals surface area contributed by atoms with Crippen LogP contribution >= 0.6 is 12.2 Å². The quantitative estimate of drug-likeness (QED) is 0.832. The van der Waals surface area contributed by atoms with Crippen molar-refractivity contribution in [3.05, 3.63) is 18.3 Å². The minimum atomic E-state index is 0.536. The zero-order valence-electron chi connectivity index (χ0n) is 13.2. The second kappa shape index (κ2) is 7.77. The lowest BCUT2D eigenvalue weighted by Gasteiger charge is -2.28. The van der Waals surface area contributed by atoms with Crippen LogP contribution in [0.5, 0.6) is 0 Å². The second-order valence-electron chi connectivity index (χ2n) is 6.39. The fraction of sp³-hybridized carbons (Fsp3) is 0.647. The number of hydrogen-bond acceptors (Lipinski definition) is 3. The second-order valence-corrected chi connectivity index (χ2v) is 6.79. The third kappa shape index (κ3) is 4.32. The molecule has 2 heterocycles. The largest absolute Gasteiger partial charge is 0.360 e. The molecule has 3 rings (SSSR count). The molecule has 1 saturated carbocycles. The Morgan fingerprint density at radius 3 is 2.45 bits per heavy atom. The first-order valence-corrected chi connectivity index (χ1v) is 9.00. The van der Waals surface area contributed by atoms with Gasteiger partial charge in [-0.15, -0.1) is 0 Å². The minimum Gasteiger partial charge on any atom is -0.360 e. The number of nitrogens with zero attached hydrogens (tertiary/aromatic N) is 2. The molecule has 5 heteroatoms. The highest BCUT2D eigenvalue weighted by molar-refractivity contribution is 7.80. The first-order chi connectivity index (χ1) is 10.8. The highest BCUT2D eigenvalue weighted by Crippen LogP contribution is 2.20. The van der Waals surface area contributed by atoms with Crippen molar-refractivity contribution in [2.45, 2.75) is 57.4 Å². The van der Waals surface area contributed by atoms with Gasteiger partial charge < -0.3 is 15.5 Å². The van der Waals surface area contributed by atoms with Gasteiger partial charge >= 0.3 is 0 Å². The molecule has 0 aromatic carbocycles. The van der Waals surface area contributed by atoms with Gasteiger partial charge in [0, 0.05) is 19.1 Å². The van der Waals surface area contributed by atoms with Crippen molar-refractivity contribution in [2.24, 2.45) is 0 Å². The van der Waals surface area contributed by atoms with Crippen molar-refractivity contribution in [3.63, 3.8) is 0 Å². The molecule has 22 heavy (non-hydrogen) atoms. The van der Waals surface area contributed by atoms with E-state index in [9.17, 15) is 0 Å². The van der Waals surface area contributed by atoms with Gasteiger partial charge in [-0.25, -0.2) is 4.98 Å². The molecule has 0 atom stereocenters. The predicted octanol–water partition coefficient (Wildman–Crippen LogP) is 3.69. The highest BCUT2D eigenvalue weighted by Gasteiger charge is 2.14. The minimum absolute atomic E-state index is 0.536. The molecule has 1 aromatic rings. The van der Waals surface area contributed by atoms with Gasteiger partial charge in [-0.05, 0) is 56.5 Å². The Bertz CT molecular complexity index is 476. The standard InChI is InChI=1S/C17H26N4S/c22-17(19-14-7-3-1-4-8-14)20-15-9-10-16(18-13-15)21-11-5-2-6-12-21/h9-10,13-14H,1-8,11-12H2,(H2,19,20,22).